The summed E-state index contributed by atoms with van der Waals surface area (Å²) in [4.78, 5) is 0. The molecule has 0 amide bonds. The number of rotatable bonds is 2. The van der Waals surface area contributed by atoms with Gasteiger partial charge in [0.15, 0.2) is 0 Å². The van der Waals surface area contributed by atoms with Gasteiger partial charge in [-0.2, -0.15) is 0 Å². The monoisotopic (exact) mass is 154 g/mol. The van der Waals surface area contributed by atoms with Gasteiger partial charge in [0.25, 0.3) is 0 Å². The molecule has 0 N–H and O–H groups in total. The molecule has 1 unspecified atom stereocenters. The Labute approximate surface area is 71.4 Å². The van der Waals surface area contributed by atoms with Gasteiger partial charge in [0.1, 0.15) is 0 Å². The summed E-state index contributed by atoms with van der Waals surface area (Å²) in [7, 11) is 0. The van der Waals surface area contributed by atoms with Gasteiger partial charge in [-0.1, -0.05) is 47.5 Å². The Bertz CT molecular complexity index is 146. The Hall–Kier alpha value is 0. The molecule has 0 bridgehead atoms. The molecule has 0 heterocycles. The Balaban J connectivity index is 2.67. The highest BCUT2D eigenvalue weighted by Crippen LogP contribution is 2.62. The summed E-state index contributed by atoms with van der Waals surface area (Å²) in [6.45, 7) is 12.0. The van der Waals surface area contributed by atoms with Gasteiger partial charge in [-0.3, -0.25) is 0 Å². The minimum absolute atomic E-state index is 0.594. The van der Waals surface area contributed by atoms with Crippen molar-refractivity contribution in [1.29, 1.82) is 0 Å². The van der Waals surface area contributed by atoms with Crippen molar-refractivity contribution in [1.82, 2.24) is 0 Å². The maximum atomic E-state index is 2.44. The van der Waals surface area contributed by atoms with E-state index in [1.807, 2.05) is 0 Å². The Kier molecular flexibility index (Phi) is 2.07. The van der Waals surface area contributed by atoms with Crippen LogP contribution in [0.2, 0.25) is 0 Å². The van der Waals surface area contributed by atoms with E-state index in [9.17, 15) is 0 Å². The fourth-order valence-electron chi connectivity index (χ4n) is 2.68. The quantitative estimate of drug-likeness (QED) is 0.566. The SMILES string of the molecule is CCC1C[C@@](C)(CC)C1(C)C. The summed E-state index contributed by atoms with van der Waals surface area (Å²) in [5.41, 5.74) is 1.23. The third-order valence-electron chi connectivity index (χ3n) is 4.55. The predicted molar refractivity (Wildman–Crippen MR) is 50.6 cm³/mol. The van der Waals surface area contributed by atoms with Gasteiger partial charge in [-0.15, -0.1) is 0 Å². The summed E-state index contributed by atoms with van der Waals surface area (Å²) in [6.07, 6.45) is 4.16. The lowest BCUT2D eigenvalue weighted by Crippen LogP contribution is -2.52. The second kappa shape index (κ2) is 2.50. The highest BCUT2D eigenvalue weighted by atomic mass is 14.6. The van der Waals surface area contributed by atoms with Crippen molar-refractivity contribution in [3.63, 3.8) is 0 Å². The van der Waals surface area contributed by atoms with Crippen LogP contribution in [-0.4, -0.2) is 0 Å². The first kappa shape index (κ1) is 9.09. The summed E-state index contributed by atoms with van der Waals surface area (Å²) in [5, 5.41) is 0. The first-order valence-corrected chi connectivity index (χ1v) is 4.98. The summed E-state index contributed by atoms with van der Waals surface area (Å²) < 4.78 is 0. The Morgan fingerprint density at radius 3 is 2.00 bits per heavy atom. The van der Waals surface area contributed by atoms with E-state index in [0.29, 0.717) is 10.8 Å². The lowest BCUT2D eigenvalue weighted by Gasteiger charge is -2.60. The predicted octanol–water partition coefficient (Wildman–Crippen LogP) is 3.86. The van der Waals surface area contributed by atoms with Gasteiger partial charge in [0, 0.05) is 0 Å². The molecule has 0 heteroatoms. The van der Waals surface area contributed by atoms with E-state index >= 15 is 0 Å². The van der Waals surface area contributed by atoms with Gasteiger partial charge in [-0.05, 0) is 23.2 Å². The molecule has 0 nitrogen and oxygen atoms in total. The van der Waals surface area contributed by atoms with E-state index in [2.05, 4.69) is 34.6 Å². The molecule has 0 aromatic rings. The molecule has 0 spiro atoms. The van der Waals surface area contributed by atoms with Crippen molar-refractivity contribution in [3.8, 4) is 0 Å². The van der Waals surface area contributed by atoms with Gasteiger partial charge in [0.2, 0.25) is 0 Å². The standard InChI is InChI=1S/C11H22/c1-6-9-8-11(5,7-2)10(9,3)4/h9H,6-8H2,1-5H3/t9?,11-/m1/s1. The van der Waals surface area contributed by atoms with Crippen LogP contribution in [0, 0.1) is 16.7 Å². The Morgan fingerprint density at radius 2 is 1.73 bits per heavy atom. The molecule has 11 heavy (non-hydrogen) atoms. The largest absolute Gasteiger partial charge is 0.0651 e. The molecular weight excluding hydrogens is 132 g/mol. The highest BCUT2D eigenvalue weighted by Gasteiger charge is 2.54. The first-order chi connectivity index (χ1) is 4.98. The molecule has 1 saturated carbocycles. The highest BCUT2D eigenvalue weighted by molar-refractivity contribution is 5.03. The second-order valence-electron chi connectivity index (χ2n) is 4.95. The van der Waals surface area contributed by atoms with Gasteiger partial charge in [-0.25, -0.2) is 0 Å². The van der Waals surface area contributed by atoms with Crippen molar-refractivity contribution in [2.24, 2.45) is 16.7 Å². The summed E-state index contributed by atoms with van der Waals surface area (Å²) in [6, 6.07) is 0. The third kappa shape index (κ3) is 1.02. The van der Waals surface area contributed by atoms with Crippen molar-refractivity contribution in [3.05, 3.63) is 0 Å². The average Bonchev–Trinajstić information content (AvgIpc) is 1.99. The van der Waals surface area contributed by atoms with E-state index < -0.39 is 0 Å². The van der Waals surface area contributed by atoms with Crippen LogP contribution in [0.4, 0.5) is 0 Å². The van der Waals surface area contributed by atoms with Crippen LogP contribution in [0.25, 0.3) is 0 Å². The molecule has 0 radical (unpaired) electrons. The zero-order valence-corrected chi connectivity index (χ0v) is 8.70. The maximum absolute atomic E-state index is 2.44. The second-order valence-corrected chi connectivity index (χ2v) is 4.95. The van der Waals surface area contributed by atoms with E-state index in [1.165, 1.54) is 19.3 Å². The topological polar surface area (TPSA) is 0 Å². The van der Waals surface area contributed by atoms with Crippen LogP contribution >= 0.6 is 0 Å². The van der Waals surface area contributed by atoms with Crippen molar-refractivity contribution in [2.45, 2.75) is 53.9 Å². The smallest absolute Gasteiger partial charge is 0.0272 e. The van der Waals surface area contributed by atoms with E-state index in [1.54, 1.807) is 0 Å². The molecule has 1 fully saturated rings. The lowest BCUT2D eigenvalue weighted by atomic mass is 9.44. The minimum Gasteiger partial charge on any atom is -0.0651 e. The molecule has 1 rings (SSSR count). The molecule has 0 aromatic carbocycles. The summed E-state index contributed by atoms with van der Waals surface area (Å²) in [5.74, 6) is 0.979. The first-order valence-electron chi connectivity index (χ1n) is 4.98. The van der Waals surface area contributed by atoms with Crippen LogP contribution < -0.4 is 0 Å². The van der Waals surface area contributed by atoms with E-state index in [-0.39, 0.29) is 0 Å². The van der Waals surface area contributed by atoms with Gasteiger partial charge >= 0.3 is 0 Å². The van der Waals surface area contributed by atoms with E-state index in [4.69, 9.17) is 0 Å². The molecule has 1 aliphatic rings. The van der Waals surface area contributed by atoms with Crippen LogP contribution in [0.5, 0.6) is 0 Å². The molecule has 0 aliphatic heterocycles. The van der Waals surface area contributed by atoms with Crippen LogP contribution in [0.3, 0.4) is 0 Å². The van der Waals surface area contributed by atoms with Gasteiger partial charge < -0.3 is 0 Å². The van der Waals surface area contributed by atoms with Crippen LogP contribution in [0.1, 0.15) is 53.9 Å². The maximum Gasteiger partial charge on any atom is -0.0272 e. The molecule has 0 aromatic heterocycles. The van der Waals surface area contributed by atoms with Crippen molar-refractivity contribution >= 4 is 0 Å². The van der Waals surface area contributed by atoms with Crippen molar-refractivity contribution in [2.75, 3.05) is 0 Å². The number of hydrogen-bond acceptors (Lipinski definition) is 0. The van der Waals surface area contributed by atoms with Crippen molar-refractivity contribution < 1.29 is 0 Å². The molecule has 1 aliphatic carbocycles. The normalized spacial score (nSPS) is 41.7. The molecule has 66 valence electrons. The zero-order valence-electron chi connectivity index (χ0n) is 8.70. The molecule has 2 atom stereocenters. The zero-order chi connectivity index (χ0) is 8.70. The van der Waals surface area contributed by atoms with Crippen LogP contribution in [-0.2, 0) is 0 Å². The Morgan fingerprint density at radius 1 is 1.18 bits per heavy atom. The van der Waals surface area contributed by atoms with Gasteiger partial charge in [0.05, 0.1) is 0 Å². The molecular formula is C11H22. The minimum atomic E-state index is 0.594. The number of hydrogen-bond donors (Lipinski definition) is 0. The fraction of sp³-hybridized carbons (Fsp3) is 1.00. The summed E-state index contributed by atoms with van der Waals surface area (Å²) >= 11 is 0. The third-order valence-corrected chi connectivity index (χ3v) is 4.55. The average molecular weight is 154 g/mol. The van der Waals surface area contributed by atoms with E-state index in [0.717, 1.165) is 5.92 Å². The fourth-order valence-corrected chi connectivity index (χ4v) is 2.68. The lowest BCUT2D eigenvalue weighted by molar-refractivity contribution is -0.111. The van der Waals surface area contributed by atoms with Crippen LogP contribution in [0.15, 0.2) is 0 Å². The molecule has 0 saturated heterocycles.